The van der Waals surface area contributed by atoms with Crippen molar-refractivity contribution in [3.05, 3.63) is 28.8 Å². The van der Waals surface area contributed by atoms with E-state index < -0.39 is 0 Å². The Hall–Kier alpha value is -0.770. The highest BCUT2D eigenvalue weighted by Gasteiger charge is 2.01. The quantitative estimate of drug-likeness (QED) is 0.672. The van der Waals surface area contributed by atoms with Gasteiger partial charge in [-0.3, -0.25) is 0 Å². The lowest BCUT2D eigenvalue weighted by molar-refractivity contribution is 0.181. The minimum absolute atomic E-state index is 0.249. The van der Waals surface area contributed by atoms with Gasteiger partial charge in [0.25, 0.3) is 0 Å². The molecule has 0 aliphatic heterocycles. The second-order valence-electron chi connectivity index (χ2n) is 3.94. The number of aliphatic hydroxyl groups excluding tert-OH is 1. The van der Waals surface area contributed by atoms with E-state index in [0.717, 1.165) is 24.9 Å². The minimum Gasteiger partial charge on any atom is -0.508 e. The Bertz CT molecular complexity index is 329. The van der Waals surface area contributed by atoms with Crippen LogP contribution in [-0.4, -0.2) is 22.9 Å². The van der Waals surface area contributed by atoms with Crippen LogP contribution < -0.4 is 5.32 Å². The molecule has 1 unspecified atom stereocenters. The summed E-state index contributed by atoms with van der Waals surface area (Å²) in [4.78, 5) is 0. The smallest absolute Gasteiger partial charge is 0.120 e. The third-order valence-electron chi connectivity index (χ3n) is 2.33. The van der Waals surface area contributed by atoms with Crippen molar-refractivity contribution in [2.75, 3.05) is 6.54 Å². The Kier molecular flexibility index (Phi) is 5.60. The van der Waals surface area contributed by atoms with Crippen molar-refractivity contribution < 1.29 is 10.2 Å². The van der Waals surface area contributed by atoms with E-state index in [-0.39, 0.29) is 11.9 Å². The standard InChI is InChI=1S/C12H18ClNO2/c1-9(15)3-2-6-14-8-10-7-11(13)4-5-12(10)16/h4-5,7,9,14-16H,2-3,6,8H2,1H3. The van der Waals surface area contributed by atoms with Crippen LogP contribution in [0.4, 0.5) is 0 Å². The van der Waals surface area contributed by atoms with Gasteiger partial charge in [-0.15, -0.1) is 0 Å². The Morgan fingerprint density at radius 3 is 2.88 bits per heavy atom. The third kappa shape index (κ3) is 4.84. The number of nitrogens with one attached hydrogen (secondary N) is 1. The number of phenolic OH excluding ortho intramolecular Hbond substituents is 1. The normalized spacial score (nSPS) is 12.7. The van der Waals surface area contributed by atoms with Gasteiger partial charge in [0.05, 0.1) is 6.10 Å². The molecule has 0 aliphatic rings. The number of phenols is 1. The number of hydrogen-bond donors (Lipinski definition) is 3. The lowest BCUT2D eigenvalue weighted by Crippen LogP contribution is -2.16. The van der Waals surface area contributed by atoms with E-state index in [1.165, 1.54) is 0 Å². The van der Waals surface area contributed by atoms with Gasteiger partial charge in [0.2, 0.25) is 0 Å². The number of aromatic hydroxyl groups is 1. The second kappa shape index (κ2) is 6.74. The molecule has 3 N–H and O–H groups in total. The van der Waals surface area contributed by atoms with Gasteiger partial charge in [-0.2, -0.15) is 0 Å². The van der Waals surface area contributed by atoms with Crippen LogP contribution in [-0.2, 0) is 6.54 Å². The molecule has 1 atom stereocenters. The van der Waals surface area contributed by atoms with Crippen LogP contribution in [0.2, 0.25) is 5.02 Å². The molecule has 0 amide bonds. The van der Waals surface area contributed by atoms with Gasteiger partial charge in [0.15, 0.2) is 0 Å². The molecular weight excluding hydrogens is 226 g/mol. The molecule has 0 radical (unpaired) electrons. The average Bonchev–Trinajstić information content (AvgIpc) is 2.22. The number of benzene rings is 1. The van der Waals surface area contributed by atoms with Crippen molar-refractivity contribution in [2.24, 2.45) is 0 Å². The van der Waals surface area contributed by atoms with Crippen LogP contribution in [0.15, 0.2) is 18.2 Å². The van der Waals surface area contributed by atoms with Crippen LogP contribution in [0.25, 0.3) is 0 Å². The summed E-state index contributed by atoms with van der Waals surface area (Å²) in [5, 5.41) is 22.4. The maximum Gasteiger partial charge on any atom is 0.120 e. The first-order valence-electron chi connectivity index (χ1n) is 5.46. The van der Waals surface area contributed by atoms with E-state index in [1.807, 2.05) is 0 Å². The zero-order valence-electron chi connectivity index (χ0n) is 9.41. The van der Waals surface area contributed by atoms with Crippen LogP contribution in [0.5, 0.6) is 5.75 Å². The lowest BCUT2D eigenvalue weighted by atomic mass is 10.2. The zero-order chi connectivity index (χ0) is 12.0. The van der Waals surface area contributed by atoms with Gasteiger partial charge in [-0.1, -0.05) is 11.6 Å². The monoisotopic (exact) mass is 243 g/mol. The van der Waals surface area contributed by atoms with Crippen molar-refractivity contribution in [1.82, 2.24) is 5.32 Å². The highest BCUT2D eigenvalue weighted by atomic mass is 35.5. The predicted octanol–water partition coefficient (Wildman–Crippen LogP) is 2.30. The third-order valence-corrected chi connectivity index (χ3v) is 2.57. The van der Waals surface area contributed by atoms with Gasteiger partial charge in [-0.25, -0.2) is 0 Å². The molecule has 3 nitrogen and oxygen atoms in total. The largest absolute Gasteiger partial charge is 0.508 e. The van der Waals surface area contributed by atoms with Crippen molar-refractivity contribution in [3.8, 4) is 5.75 Å². The summed E-state index contributed by atoms with van der Waals surface area (Å²) in [5.41, 5.74) is 0.796. The second-order valence-corrected chi connectivity index (χ2v) is 4.38. The molecule has 1 rings (SSSR count). The van der Waals surface area contributed by atoms with E-state index >= 15 is 0 Å². The topological polar surface area (TPSA) is 52.5 Å². The Morgan fingerprint density at radius 1 is 1.44 bits per heavy atom. The predicted molar refractivity (Wildman–Crippen MR) is 65.7 cm³/mol. The molecule has 0 aromatic heterocycles. The van der Waals surface area contributed by atoms with Gasteiger partial charge in [-0.05, 0) is 44.5 Å². The van der Waals surface area contributed by atoms with Crippen molar-refractivity contribution in [1.29, 1.82) is 0 Å². The highest BCUT2D eigenvalue weighted by molar-refractivity contribution is 6.30. The molecule has 0 fully saturated rings. The van der Waals surface area contributed by atoms with Crippen LogP contribution in [0.3, 0.4) is 0 Å². The SMILES string of the molecule is CC(O)CCCNCc1cc(Cl)ccc1O. The van der Waals surface area contributed by atoms with Crippen LogP contribution in [0.1, 0.15) is 25.3 Å². The molecule has 0 spiro atoms. The fourth-order valence-electron chi connectivity index (χ4n) is 1.44. The van der Waals surface area contributed by atoms with E-state index in [4.69, 9.17) is 16.7 Å². The van der Waals surface area contributed by atoms with E-state index in [1.54, 1.807) is 25.1 Å². The molecule has 1 aromatic carbocycles. The molecule has 1 aromatic rings. The van der Waals surface area contributed by atoms with Crippen LogP contribution in [0, 0.1) is 0 Å². The number of hydrogen-bond acceptors (Lipinski definition) is 3. The van der Waals surface area contributed by atoms with Crippen LogP contribution >= 0.6 is 11.6 Å². The van der Waals surface area contributed by atoms with Crippen molar-refractivity contribution in [2.45, 2.75) is 32.4 Å². The zero-order valence-corrected chi connectivity index (χ0v) is 10.2. The van der Waals surface area contributed by atoms with E-state index in [0.29, 0.717) is 11.6 Å². The molecule has 90 valence electrons. The highest BCUT2D eigenvalue weighted by Crippen LogP contribution is 2.20. The number of halogens is 1. The lowest BCUT2D eigenvalue weighted by Gasteiger charge is -2.08. The molecule has 16 heavy (non-hydrogen) atoms. The van der Waals surface area contributed by atoms with Gasteiger partial charge < -0.3 is 15.5 Å². The van der Waals surface area contributed by atoms with Gasteiger partial charge in [0, 0.05) is 17.1 Å². The molecule has 0 heterocycles. The van der Waals surface area contributed by atoms with Crippen molar-refractivity contribution in [3.63, 3.8) is 0 Å². The first kappa shape index (κ1) is 13.3. The summed E-state index contributed by atoms with van der Waals surface area (Å²) in [6.45, 7) is 3.19. The average molecular weight is 244 g/mol. The molecule has 4 heteroatoms. The Balaban J connectivity index is 2.29. The molecule has 0 saturated heterocycles. The molecule has 0 aliphatic carbocycles. The molecule has 0 saturated carbocycles. The summed E-state index contributed by atoms with van der Waals surface area (Å²) in [6.07, 6.45) is 1.45. The Labute approximate surface area is 101 Å². The minimum atomic E-state index is -0.249. The van der Waals surface area contributed by atoms with Gasteiger partial charge in [0.1, 0.15) is 5.75 Å². The Morgan fingerprint density at radius 2 is 2.19 bits per heavy atom. The maximum absolute atomic E-state index is 9.54. The van der Waals surface area contributed by atoms with Crippen molar-refractivity contribution >= 4 is 11.6 Å². The maximum atomic E-state index is 9.54. The molecular formula is C12H18ClNO2. The summed E-state index contributed by atoms with van der Waals surface area (Å²) in [6, 6.07) is 5.00. The summed E-state index contributed by atoms with van der Waals surface area (Å²) < 4.78 is 0. The van der Waals surface area contributed by atoms with E-state index in [9.17, 15) is 5.11 Å². The first-order valence-corrected chi connectivity index (χ1v) is 5.83. The number of rotatable bonds is 6. The van der Waals surface area contributed by atoms with Gasteiger partial charge >= 0.3 is 0 Å². The summed E-state index contributed by atoms with van der Waals surface area (Å²) in [5.74, 6) is 0.257. The summed E-state index contributed by atoms with van der Waals surface area (Å²) >= 11 is 5.83. The first-order chi connectivity index (χ1) is 7.59. The fraction of sp³-hybridized carbons (Fsp3) is 0.500. The summed E-state index contributed by atoms with van der Waals surface area (Å²) in [7, 11) is 0. The number of aliphatic hydroxyl groups is 1. The molecule has 0 bridgehead atoms. The van der Waals surface area contributed by atoms with E-state index in [2.05, 4.69) is 5.32 Å². The fourth-order valence-corrected chi connectivity index (χ4v) is 1.64.